The number of nitrogens with two attached hydrogens (primary N) is 1. The number of pyridine rings is 2. The van der Waals surface area contributed by atoms with Gasteiger partial charge in [-0.25, -0.2) is 30.8 Å². The third kappa shape index (κ3) is 8.97. The van der Waals surface area contributed by atoms with Gasteiger partial charge in [0.05, 0.1) is 22.1 Å². The Morgan fingerprint density at radius 2 is 0.931 bits per heavy atom. The summed E-state index contributed by atoms with van der Waals surface area (Å²) < 4.78 is 4.74. The minimum Gasteiger partial charge on any atom is -0.326 e. The fourth-order valence-corrected chi connectivity index (χ4v) is 7.40. The number of aryl methyl sites for hydroxylation is 2. The molecule has 0 radical (unpaired) electrons. The highest BCUT2D eigenvalue weighted by Crippen LogP contribution is 2.33. The van der Waals surface area contributed by atoms with E-state index in [1.54, 1.807) is 0 Å². The van der Waals surface area contributed by atoms with Crippen molar-refractivity contribution in [1.82, 2.24) is 39.9 Å². The van der Waals surface area contributed by atoms with E-state index in [1.165, 1.54) is 11.1 Å². The fraction of sp³-hybridized carbons (Fsp3) is 0.319. The van der Waals surface area contributed by atoms with Crippen molar-refractivity contribution in [2.24, 2.45) is 5.73 Å². The van der Waals surface area contributed by atoms with Crippen LogP contribution in [-0.4, -0.2) is 42.2 Å². The van der Waals surface area contributed by atoms with E-state index in [9.17, 15) is 0 Å². The molecule has 0 atom stereocenters. The summed E-state index contributed by atoms with van der Waals surface area (Å²) >= 11 is 0. The van der Waals surface area contributed by atoms with Crippen LogP contribution < -0.4 is 27.4 Å². The predicted molar refractivity (Wildman–Crippen MR) is 241 cm³/mol. The van der Waals surface area contributed by atoms with Crippen LogP contribution >= 0.6 is 0 Å². The Morgan fingerprint density at radius 3 is 1.38 bits per heavy atom. The van der Waals surface area contributed by atoms with Crippen LogP contribution in [0.15, 0.2) is 103 Å². The van der Waals surface area contributed by atoms with Gasteiger partial charge >= 0.3 is 0 Å². The van der Waals surface area contributed by atoms with Gasteiger partial charge in [0.2, 0.25) is 0 Å². The molecule has 4 aromatic carbocycles. The number of unbranched alkanes of at least 4 members (excludes halogenated alkanes) is 2. The molecule has 0 aliphatic heterocycles. The molecule has 4 aromatic heterocycles. The molecular formula is C47H57N11. The van der Waals surface area contributed by atoms with Crippen molar-refractivity contribution in [3.05, 3.63) is 131 Å². The zero-order chi connectivity index (χ0) is 40.3. The minimum atomic E-state index is 0.561. The summed E-state index contributed by atoms with van der Waals surface area (Å²) in [6.07, 6.45) is 6.43. The molecular weight excluding hydrogens is 719 g/mol. The average Bonchev–Trinajstić information content (AvgIpc) is 3.82. The zero-order valence-corrected chi connectivity index (χ0v) is 34.4. The Hall–Kier alpha value is -5.88. The molecule has 58 heavy (non-hydrogen) atoms. The van der Waals surface area contributed by atoms with Crippen LogP contribution in [0.4, 0.5) is 11.6 Å². The molecule has 11 nitrogen and oxygen atoms in total. The van der Waals surface area contributed by atoms with Crippen molar-refractivity contribution >= 4 is 55.5 Å². The fourth-order valence-electron chi connectivity index (χ4n) is 7.40. The third-order valence-corrected chi connectivity index (χ3v) is 10.4. The van der Waals surface area contributed by atoms with E-state index >= 15 is 0 Å². The number of imidazole rings is 2. The second-order valence-electron chi connectivity index (χ2n) is 14.6. The summed E-state index contributed by atoms with van der Waals surface area (Å²) in [6, 6.07) is 35.8. The predicted octanol–water partition coefficient (Wildman–Crippen LogP) is 9.28. The number of aromatic nitrogens is 6. The molecule has 4 heterocycles. The Kier molecular flexibility index (Phi) is 13.6. The SMILES string of the molecule is CCCCc1nc2c(NNCC)nc3ccccc3c2n1Cc1ccc(CN)cc1.CCCCc1nc2c(NNCC)nc3ccccc3c2n1Cc1ccccc1. The highest BCUT2D eigenvalue weighted by molar-refractivity contribution is 6.08. The van der Waals surface area contributed by atoms with E-state index in [-0.39, 0.29) is 0 Å². The van der Waals surface area contributed by atoms with Crippen LogP contribution in [0.5, 0.6) is 0 Å². The van der Waals surface area contributed by atoms with Gasteiger partial charge in [-0.1, -0.05) is 132 Å². The Morgan fingerprint density at radius 1 is 0.500 bits per heavy atom. The van der Waals surface area contributed by atoms with E-state index in [4.69, 9.17) is 25.7 Å². The van der Waals surface area contributed by atoms with E-state index in [1.807, 2.05) is 12.1 Å². The van der Waals surface area contributed by atoms with Crippen molar-refractivity contribution in [1.29, 1.82) is 0 Å². The molecule has 300 valence electrons. The Bertz CT molecular complexity index is 2560. The molecule has 6 N–H and O–H groups in total. The largest absolute Gasteiger partial charge is 0.326 e. The first-order chi connectivity index (χ1) is 28.6. The average molecular weight is 776 g/mol. The summed E-state index contributed by atoms with van der Waals surface area (Å²) in [4.78, 5) is 19.8. The lowest BCUT2D eigenvalue weighted by molar-refractivity contribution is 0.690. The number of hydrazine groups is 2. The van der Waals surface area contributed by atoms with Crippen LogP contribution in [0.1, 0.15) is 81.7 Å². The highest BCUT2D eigenvalue weighted by Gasteiger charge is 2.20. The number of benzene rings is 4. The van der Waals surface area contributed by atoms with Crippen molar-refractivity contribution in [3.63, 3.8) is 0 Å². The van der Waals surface area contributed by atoms with Gasteiger partial charge in [0.1, 0.15) is 22.7 Å². The zero-order valence-electron chi connectivity index (χ0n) is 34.4. The molecule has 0 aliphatic carbocycles. The summed E-state index contributed by atoms with van der Waals surface area (Å²) in [6.45, 7) is 12.3. The lowest BCUT2D eigenvalue weighted by Gasteiger charge is -2.12. The van der Waals surface area contributed by atoms with E-state index < -0.39 is 0 Å². The molecule has 8 rings (SSSR count). The summed E-state index contributed by atoms with van der Waals surface area (Å²) in [5.74, 6) is 3.80. The molecule has 0 spiro atoms. The molecule has 0 amide bonds. The number of anilines is 2. The molecule has 0 aliphatic rings. The standard InChI is InChI=1S/C24H30N6.C23H27N5/c1-3-5-10-21-28-22-23(30(21)16-18-13-11-17(15-25)12-14-18)19-8-6-7-9-20(19)27-24(22)29-26-4-2;1-3-5-15-20-26-21-22(28(20)16-17-11-7-6-8-12-17)18-13-9-10-14-19(18)25-23(21)27-24-4-2/h6-9,11-14,26H,3-5,10,15-16,25H2,1-2H3,(H,27,29);6-14,24H,3-5,15-16H2,1-2H3,(H,25,27). The van der Waals surface area contributed by atoms with Crippen molar-refractivity contribution < 1.29 is 0 Å². The molecule has 0 saturated carbocycles. The van der Waals surface area contributed by atoms with Gasteiger partial charge in [0, 0.05) is 56.3 Å². The minimum absolute atomic E-state index is 0.561. The van der Waals surface area contributed by atoms with Gasteiger partial charge < -0.3 is 25.7 Å². The van der Waals surface area contributed by atoms with Gasteiger partial charge in [0.25, 0.3) is 0 Å². The number of fused-ring (bicyclic) bond motifs is 6. The number of hydrogen-bond donors (Lipinski definition) is 5. The van der Waals surface area contributed by atoms with Gasteiger partial charge in [-0.2, -0.15) is 0 Å². The van der Waals surface area contributed by atoms with Crippen molar-refractivity contribution in [3.8, 4) is 0 Å². The molecule has 11 heteroatoms. The van der Waals surface area contributed by atoms with Crippen LogP contribution in [0, 0.1) is 0 Å². The molecule has 0 fully saturated rings. The molecule has 8 aromatic rings. The van der Waals surface area contributed by atoms with Gasteiger partial charge in [-0.05, 0) is 41.7 Å². The van der Waals surface area contributed by atoms with E-state index in [2.05, 4.69) is 150 Å². The summed E-state index contributed by atoms with van der Waals surface area (Å²) in [7, 11) is 0. The normalized spacial score (nSPS) is 11.4. The maximum absolute atomic E-state index is 5.77. The Balaban J connectivity index is 0.000000177. The molecule has 0 bridgehead atoms. The topological polar surface area (TPSA) is 136 Å². The van der Waals surface area contributed by atoms with Gasteiger partial charge in [-0.3, -0.25) is 0 Å². The van der Waals surface area contributed by atoms with E-state index in [0.29, 0.717) is 6.54 Å². The Labute approximate surface area is 341 Å². The van der Waals surface area contributed by atoms with Crippen LogP contribution in [-0.2, 0) is 32.5 Å². The molecule has 0 saturated heterocycles. The first-order valence-corrected chi connectivity index (χ1v) is 20.9. The smallest absolute Gasteiger partial charge is 0.169 e. The van der Waals surface area contributed by atoms with Crippen LogP contribution in [0.2, 0.25) is 0 Å². The number of nitrogens with zero attached hydrogens (tertiary/aromatic N) is 6. The number of hydrogen-bond acceptors (Lipinski definition) is 9. The third-order valence-electron chi connectivity index (χ3n) is 10.4. The molecule has 0 unspecified atom stereocenters. The van der Waals surface area contributed by atoms with Crippen LogP contribution in [0.3, 0.4) is 0 Å². The monoisotopic (exact) mass is 775 g/mol. The maximum Gasteiger partial charge on any atom is 0.169 e. The first kappa shape index (κ1) is 40.3. The van der Waals surface area contributed by atoms with Gasteiger partial charge in [-0.15, -0.1) is 0 Å². The lowest BCUT2D eigenvalue weighted by atomic mass is 10.1. The van der Waals surface area contributed by atoms with E-state index in [0.717, 1.165) is 137 Å². The lowest BCUT2D eigenvalue weighted by Crippen LogP contribution is -2.21. The first-order valence-electron chi connectivity index (χ1n) is 20.9. The second-order valence-corrected chi connectivity index (χ2v) is 14.6. The van der Waals surface area contributed by atoms with Crippen molar-refractivity contribution in [2.75, 3.05) is 23.9 Å². The van der Waals surface area contributed by atoms with Crippen molar-refractivity contribution in [2.45, 2.75) is 85.9 Å². The summed E-state index contributed by atoms with van der Waals surface area (Å²) in [5.41, 5.74) is 28.4. The number of nitrogens with one attached hydrogen (secondary N) is 4. The quantitative estimate of drug-likeness (QED) is 0.0574. The highest BCUT2D eigenvalue weighted by atomic mass is 15.4. The maximum atomic E-state index is 5.77. The second kappa shape index (κ2) is 19.5. The summed E-state index contributed by atoms with van der Waals surface area (Å²) in [5, 5.41) is 2.27. The number of rotatable bonds is 17. The number of para-hydroxylation sites is 2. The van der Waals surface area contributed by atoms with Crippen LogP contribution in [0.25, 0.3) is 43.9 Å². The van der Waals surface area contributed by atoms with Gasteiger partial charge in [0.15, 0.2) is 11.6 Å².